The molecule has 0 saturated heterocycles. The Balaban J connectivity index is 4.39. The molecule has 0 aromatic rings. The molecule has 0 saturated carbocycles. The maximum absolute atomic E-state index is 5.98. The molecule has 0 aromatic carbocycles. The molecule has 2 N–H and O–H groups in total. The lowest BCUT2D eigenvalue weighted by molar-refractivity contribution is 0.0880. The van der Waals surface area contributed by atoms with E-state index < -0.39 is 0 Å². The van der Waals surface area contributed by atoms with E-state index in [0.29, 0.717) is 0 Å². The molecule has 0 heterocycles. The van der Waals surface area contributed by atoms with Crippen molar-refractivity contribution < 1.29 is 0 Å². The van der Waals surface area contributed by atoms with Gasteiger partial charge in [-0.05, 0) is 39.7 Å². The Hall–Kier alpha value is -0.0800. The van der Waals surface area contributed by atoms with E-state index in [1.54, 1.807) is 0 Å². The summed E-state index contributed by atoms with van der Waals surface area (Å²) in [6.45, 7) is 14.4. The van der Waals surface area contributed by atoms with Gasteiger partial charge in [-0.25, -0.2) is 0 Å². The molecular formula is C12H28N2. The first-order valence-corrected chi connectivity index (χ1v) is 5.60. The maximum Gasteiger partial charge on any atom is 0.0147 e. The van der Waals surface area contributed by atoms with Crippen LogP contribution in [0.2, 0.25) is 0 Å². The summed E-state index contributed by atoms with van der Waals surface area (Å²) in [4.78, 5) is 2.41. The minimum absolute atomic E-state index is 0.182. The third-order valence-electron chi connectivity index (χ3n) is 3.78. The van der Waals surface area contributed by atoms with Gasteiger partial charge in [0.2, 0.25) is 0 Å². The Kier molecular flexibility index (Phi) is 4.60. The molecule has 0 aliphatic carbocycles. The van der Waals surface area contributed by atoms with Crippen molar-refractivity contribution in [1.29, 1.82) is 0 Å². The van der Waals surface area contributed by atoms with Crippen molar-refractivity contribution in [1.82, 2.24) is 4.90 Å². The van der Waals surface area contributed by atoms with Crippen molar-refractivity contribution in [3.8, 4) is 0 Å². The third-order valence-corrected chi connectivity index (χ3v) is 3.78. The summed E-state index contributed by atoms with van der Waals surface area (Å²) >= 11 is 0. The van der Waals surface area contributed by atoms with Crippen molar-refractivity contribution in [2.24, 2.45) is 11.1 Å². The average Bonchev–Trinajstić information content (AvgIpc) is 2.03. The largest absolute Gasteiger partial charge is 0.327 e. The molecule has 0 aliphatic rings. The first-order valence-electron chi connectivity index (χ1n) is 5.60. The van der Waals surface area contributed by atoms with Gasteiger partial charge in [-0.2, -0.15) is 0 Å². The van der Waals surface area contributed by atoms with Gasteiger partial charge < -0.3 is 10.6 Å². The van der Waals surface area contributed by atoms with Crippen LogP contribution in [-0.4, -0.2) is 30.1 Å². The van der Waals surface area contributed by atoms with E-state index in [1.165, 1.54) is 6.42 Å². The fourth-order valence-electron chi connectivity index (χ4n) is 1.24. The van der Waals surface area contributed by atoms with Gasteiger partial charge in [0.15, 0.2) is 0 Å². The van der Waals surface area contributed by atoms with E-state index in [-0.39, 0.29) is 17.0 Å². The molecule has 86 valence electrons. The standard InChI is InChI=1S/C12H28N2/c1-8-12(5,6)14(7)9-11(3,4)10(2)13/h10H,8-9,13H2,1-7H3. The fraction of sp³-hybridized carbons (Fsp3) is 1.00. The number of nitrogens with two attached hydrogens (primary N) is 1. The summed E-state index contributed by atoms with van der Waals surface area (Å²) in [6, 6.07) is 0.234. The zero-order chi connectivity index (χ0) is 11.6. The molecule has 0 radical (unpaired) electrons. The lowest BCUT2D eigenvalue weighted by Gasteiger charge is -2.41. The number of hydrogen-bond donors (Lipinski definition) is 1. The summed E-state index contributed by atoms with van der Waals surface area (Å²) < 4.78 is 0. The van der Waals surface area contributed by atoms with Crippen LogP contribution < -0.4 is 5.73 Å². The summed E-state index contributed by atoms with van der Waals surface area (Å²) in [7, 11) is 2.19. The topological polar surface area (TPSA) is 29.3 Å². The van der Waals surface area contributed by atoms with Gasteiger partial charge in [0.05, 0.1) is 0 Å². The van der Waals surface area contributed by atoms with Crippen molar-refractivity contribution in [3.63, 3.8) is 0 Å². The highest BCUT2D eigenvalue weighted by atomic mass is 15.2. The van der Waals surface area contributed by atoms with Crippen LogP contribution in [-0.2, 0) is 0 Å². The molecular weight excluding hydrogens is 172 g/mol. The smallest absolute Gasteiger partial charge is 0.0147 e. The Bertz CT molecular complexity index is 171. The molecule has 2 nitrogen and oxygen atoms in total. The molecule has 1 unspecified atom stereocenters. The van der Waals surface area contributed by atoms with Crippen molar-refractivity contribution in [2.45, 2.75) is 59.5 Å². The second-order valence-electron chi connectivity index (χ2n) is 5.80. The zero-order valence-corrected chi connectivity index (χ0v) is 11.0. The highest BCUT2D eigenvalue weighted by Gasteiger charge is 2.30. The van der Waals surface area contributed by atoms with E-state index >= 15 is 0 Å². The quantitative estimate of drug-likeness (QED) is 0.739. The molecule has 14 heavy (non-hydrogen) atoms. The van der Waals surface area contributed by atoms with Gasteiger partial charge in [-0.15, -0.1) is 0 Å². The van der Waals surface area contributed by atoms with Gasteiger partial charge in [0.1, 0.15) is 0 Å². The van der Waals surface area contributed by atoms with Crippen LogP contribution in [0.15, 0.2) is 0 Å². The Morgan fingerprint density at radius 3 is 1.93 bits per heavy atom. The molecule has 2 heteroatoms. The summed E-state index contributed by atoms with van der Waals surface area (Å²) in [6.07, 6.45) is 1.17. The molecule has 0 spiro atoms. The van der Waals surface area contributed by atoms with Crippen LogP contribution >= 0.6 is 0 Å². The van der Waals surface area contributed by atoms with Crippen LogP contribution in [0.4, 0.5) is 0 Å². The molecule has 0 aliphatic heterocycles. The number of rotatable bonds is 5. The molecule has 0 rings (SSSR count). The first-order chi connectivity index (χ1) is 6.13. The monoisotopic (exact) mass is 200 g/mol. The normalized spacial score (nSPS) is 16.1. The van der Waals surface area contributed by atoms with E-state index in [4.69, 9.17) is 5.73 Å². The molecule has 0 aromatic heterocycles. The zero-order valence-electron chi connectivity index (χ0n) is 11.0. The third kappa shape index (κ3) is 3.58. The minimum Gasteiger partial charge on any atom is -0.327 e. The second kappa shape index (κ2) is 4.63. The summed E-state index contributed by atoms with van der Waals surface area (Å²) in [5.74, 6) is 0. The lowest BCUT2D eigenvalue weighted by Crippen LogP contribution is -2.49. The van der Waals surface area contributed by atoms with Gasteiger partial charge in [-0.1, -0.05) is 20.8 Å². The van der Waals surface area contributed by atoms with Crippen molar-refractivity contribution in [3.05, 3.63) is 0 Å². The van der Waals surface area contributed by atoms with Gasteiger partial charge >= 0.3 is 0 Å². The molecule has 1 atom stereocenters. The van der Waals surface area contributed by atoms with Crippen molar-refractivity contribution >= 4 is 0 Å². The Labute approximate surface area is 89.9 Å². The second-order valence-corrected chi connectivity index (χ2v) is 5.80. The van der Waals surface area contributed by atoms with E-state index in [1.807, 2.05) is 0 Å². The van der Waals surface area contributed by atoms with E-state index in [0.717, 1.165) is 6.54 Å². The fourth-order valence-corrected chi connectivity index (χ4v) is 1.24. The first kappa shape index (κ1) is 13.9. The van der Waals surface area contributed by atoms with Gasteiger partial charge in [-0.3, -0.25) is 0 Å². The van der Waals surface area contributed by atoms with Crippen LogP contribution in [0.5, 0.6) is 0 Å². The maximum atomic E-state index is 5.98. The van der Waals surface area contributed by atoms with Gasteiger partial charge in [0.25, 0.3) is 0 Å². The lowest BCUT2D eigenvalue weighted by atomic mass is 9.84. The number of nitrogens with zero attached hydrogens (tertiary/aromatic N) is 1. The van der Waals surface area contributed by atoms with Crippen LogP contribution in [0, 0.1) is 5.41 Å². The Morgan fingerprint density at radius 1 is 1.21 bits per heavy atom. The van der Waals surface area contributed by atoms with Crippen LogP contribution in [0.25, 0.3) is 0 Å². The Morgan fingerprint density at radius 2 is 1.64 bits per heavy atom. The van der Waals surface area contributed by atoms with E-state index in [2.05, 4.69) is 53.5 Å². The SMILES string of the molecule is CCC(C)(C)N(C)CC(C)(C)C(C)N. The average molecular weight is 200 g/mol. The molecule has 0 bridgehead atoms. The summed E-state index contributed by atoms with van der Waals surface area (Å²) in [5, 5.41) is 0. The molecule has 0 fully saturated rings. The van der Waals surface area contributed by atoms with Gasteiger partial charge in [0, 0.05) is 18.1 Å². The van der Waals surface area contributed by atoms with Crippen LogP contribution in [0.3, 0.4) is 0 Å². The molecule has 0 amide bonds. The minimum atomic E-state index is 0.182. The van der Waals surface area contributed by atoms with Crippen LogP contribution in [0.1, 0.15) is 48.0 Å². The van der Waals surface area contributed by atoms with E-state index in [9.17, 15) is 0 Å². The number of hydrogen-bond acceptors (Lipinski definition) is 2. The highest BCUT2D eigenvalue weighted by molar-refractivity contribution is 4.86. The predicted octanol–water partition coefficient (Wildman–Crippen LogP) is 2.48. The highest BCUT2D eigenvalue weighted by Crippen LogP contribution is 2.25. The predicted molar refractivity (Wildman–Crippen MR) is 64.4 cm³/mol. The van der Waals surface area contributed by atoms with Crippen molar-refractivity contribution in [2.75, 3.05) is 13.6 Å². The summed E-state index contributed by atoms with van der Waals surface area (Å²) in [5.41, 5.74) is 6.43.